The van der Waals surface area contributed by atoms with E-state index in [1.54, 1.807) is 11.1 Å². The molecule has 4 fully saturated rings. The number of para-hydroxylation sites is 3. The molecule has 3 nitrogen and oxygen atoms in total. The molecular weight excluding hydrogens is 813 g/mol. The zero-order chi connectivity index (χ0) is 43.8. The van der Waals surface area contributed by atoms with E-state index in [9.17, 15) is 0 Å². The molecule has 11 aromatic rings. The molecule has 0 amide bonds. The Morgan fingerprint density at radius 3 is 1.93 bits per heavy atom. The van der Waals surface area contributed by atoms with E-state index in [0.29, 0.717) is 11.8 Å². The molecule has 67 heavy (non-hydrogen) atoms. The van der Waals surface area contributed by atoms with Crippen molar-refractivity contribution in [2.45, 2.75) is 37.5 Å². The average Bonchev–Trinajstić information content (AvgIpc) is 3.94. The lowest BCUT2D eigenvalue weighted by molar-refractivity contribution is -0.0418. The van der Waals surface area contributed by atoms with Gasteiger partial charge in [0.2, 0.25) is 0 Å². The van der Waals surface area contributed by atoms with Crippen molar-refractivity contribution in [3.05, 3.63) is 217 Å². The van der Waals surface area contributed by atoms with Gasteiger partial charge in [-0.05, 0) is 155 Å². The lowest BCUT2D eigenvalue weighted by Gasteiger charge is -2.63. The minimum Gasteiger partial charge on any atom is -0.456 e. The molecule has 5 aliphatic rings. The average molecular weight is 861 g/mol. The van der Waals surface area contributed by atoms with Crippen molar-refractivity contribution in [3.63, 3.8) is 0 Å². The summed E-state index contributed by atoms with van der Waals surface area (Å²) in [5, 5.41) is 4.95. The standard InChI is InChI=1S/C64H48N2O/c1-2-14-42(15-3-1)44-16-12-17-48(39-44)65(47-30-28-43(29-31-47)49-18-4-5-19-50(49)51-22-13-27-60-61(51)53-21-7-11-26-59(53)67-60)58-33-32-55-63-62(58)52-20-6-9-24-56(52)66(63)57-25-10-8-23-54(57)64(55)45-35-40-34-41(37-45)38-46(64)36-40/h1-33,39-41,45-46H,34-38H2/t40-,41+,45+,46-,64?. The van der Waals surface area contributed by atoms with Crippen LogP contribution in [0.1, 0.15) is 43.2 Å². The van der Waals surface area contributed by atoms with Crippen LogP contribution in [-0.4, -0.2) is 4.57 Å². The molecular formula is C64H48N2O. The maximum absolute atomic E-state index is 6.37. The Balaban J connectivity index is 0.955. The normalized spacial score (nSPS) is 21.2. The molecule has 0 saturated heterocycles. The highest BCUT2D eigenvalue weighted by Gasteiger charge is 2.61. The number of anilines is 3. The molecule has 2 aromatic heterocycles. The molecule has 0 unspecified atom stereocenters. The fourth-order valence-electron chi connectivity index (χ4n) is 14.5. The Morgan fingerprint density at radius 1 is 0.433 bits per heavy atom. The first kappa shape index (κ1) is 37.6. The van der Waals surface area contributed by atoms with Crippen LogP contribution in [0.25, 0.3) is 82.8 Å². The van der Waals surface area contributed by atoms with Crippen molar-refractivity contribution in [2.75, 3.05) is 4.90 Å². The Hall–Kier alpha value is -7.62. The second-order valence-corrected chi connectivity index (χ2v) is 20.0. The van der Waals surface area contributed by atoms with Crippen molar-refractivity contribution >= 4 is 60.8 Å². The summed E-state index contributed by atoms with van der Waals surface area (Å²) in [7, 11) is 0. The van der Waals surface area contributed by atoms with Gasteiger partial charge in [0.15, 0.2) is 0 Å². The highest BCUT2D eigenvalue weighted by Crippen LogP contribution is 2.68. The Labute approximate surface area is 390 Å². The van der Waals surface area contributed by atoms with Crippen LogP contribution in [0.5, 0.6) is 0 Å². The molecule has 0 N–H and O–H groups in total. The van der Waals surface area contributed by atoms with E-state index in [0.717, 1.165) is 45.1 Å². The number of nitrogens with zero attached hydrogens (tertiary/aromatic N) is 2. The zero-order valence-electron chi connectivity index (χ0n) is 37.3. The van der Waals surface area contributed by atoms with Gasteiger partial charge in [-0.1, -0.05) is 152 Å². The van der Waals surface area contributed by atoms with Gasteiger partial charge >= 0.3 is 0 Å². The molecule has 1 aliphatic heterocycles. The molecule has 0 atom stereocenters. The zero-order valence-corrected chi connectivity index (χ0v) is 37.3. The SMILES string of the molecule is c1ccc(-c2cccc(N(c3ccc(-c4ccccc4-c4cccc5oc6ccccc6c45)cc3)c3ccc4c5c3c3ccccc3n5-c3ccccc3C43[C@H]4C[C@H]5C[C@H](C[C@H]3C5)C4)c2)cc1. The summed E-state index contributed by atoms with van der Waals surface area (Å²) in [6.45, 7) is 0. The quantitative estimate of drug-likeness (QED) is 0.166. The van der Waals surface area contributed by atoms with Crippen LogP contribution in [0.15, 0.2) is 211 Å². The first-order valence-electron chi connectivity index (χ1n) is 24.4. The number of furan rings is 1. The van der Waals surface area contributed by atoms with Crippen LogP contribution < -0.4 is 4.90 Å². The minimum atomic E-state index is 0.0192. The molecule has 0 radical (unpaired) electrons. The predicted octanol–water partition coefficient (Wildman–Crippen LogP) is 17.2. The number of rotatable bonds is 6. The highest BCUT2D eigenvalue weighted by atomic mass is 16.3. The lowest BCUT2D eigenvalue weighted by Crippen LogP contribution is -2.57. The van der Waals surface area contributed by atoms with E-state index in [1.807, 2.05) is 6.07 Å². The van der Waals surface area contributed by atoms with Gasteiger partial charge in [-0.3, -0.25) is 0 Å². The molecule has 3 heteroatoms. The molecule has 1 spiro atoms. The summed E-state index contributed by atoms with van der Waals surface area (Å²) in [6.07, 6.45) is 6.86. The molecule has 4 bridgehead atoms. The summed E-state index contributed by atoms with van der Waals surface area (Å²) < 4.78 is 9.02. The Kier molecular flexibility index (Phi) is 7.96. The van der Waals surface area contributed by atoms with Crippen LogP contribution in [0, 0.1) is 23.7 Å². The van der Waals surface area contributed by atoms with Crippen molar-refractivity contribution in [1.29, 1.82) is 0 Å². The Morgan fingerprint density at radius 2 is 1.09 bits per heavy atom. The summed E-state index contributed by atoms with van der Waals surface area (Å²) in [4.78, 5) is 2.54. The molecule has 3 heterocycles. The van der Waals surface area contributed by atoms with Crippen LogP contribution in [-0.2, 0) is 5.41 Å². The van der Waals surface area contributed by atoms with Gasteiger partial charge in [0.1, 0.15) is 11.2 Å². The van der Waals surface area contributed by atoms with E-state index >= 15 is 0 Å². The predicted molar refractivity (Wildman–Crippen MR) is 277 cm³/mol. The minimum absolute atomic E-state index is 0.0192. The molecule has 4 saturated carbocycles. The van der Waals surface area contributed by atoms with Gasteiger partial charge in [0.25, 0.3) is 0 Å². The third kappa shape index (κ3) is 5.29. The van der Waals surface area contributed by atoms with Crippen molar-refractivity contribution in [3.8, 4) is 39.1 Å². The van der Waals surface area contributed by atoms with Crippen LogP contribution in [0.4, 0.5) is 17.1 Å². The first-order chi connectivity index (χ1) is 33.2. The van der Waals surface area contributed by atoms with E-state index < -0.39 is 0 Å². The maximum atomic E-state index is 6.37. The van der Waals surface area contributed by atoms with E-state index in [4.69, 9.17) is 4.42 Å². The monoisotopic (exact) mass is 860 g/mol. The number of hydrogen-bond donors (Lipinski definition) is 0. The third-order valence-electron chi connectivity index (χ3n) is 16.8. The first-order valence-corrected chi connectivity index (χ1v) is 24.4. The van der Waals surface area contributed by atoms with Crippen molar-refractivity contribution in [2.24, 2.45) is 23.7 Å². The number of benzene rings is 9. The topological polar surface area (TPSA) is 21.3 Å². The van der Waals surface area contributed by atoms with Crippen LogP contribution >= 0.6 is 0 Å². The van der Waals surface area contributed by atoms with Gasteiger partial charge in [-0.2, -0.15) is 0 Å². The van der Waals surface area contributed by atoms with Crippen LogP contribution in [0.2, 0.25) is 0 Å². The molecule has 16 rings (SSSR count). The number of aromatic nitrogens is 1. The third-order valence-corrected chi connectivity index (χ3v) is 16.8. The Bertz CT molecular complexity index is 3750. The van der Waals surface area contributed by atoms with Crippen molar-refractivity contribution < 1.29 is 4.42 Å². The van der Waals surface area contributed by atoms with Crippen molar-refractivity contribution in [1.82, 2.24) is 4.57 Å². The van der Waals surface area contributed by atoms with Gasteiger partial charge in [0, 0.05) is 38.3 Å². The van der Waals surface area contributed by atoms with E-state index in [-0.39, 0.29) is 5.41 Å². The fourth-order valence-corrected chi connectivity index (χ4v) is 14.5. The van der Waals surface area contributed by atoms with E-state index in [1.165, 1.54) is 98.7 Å². The second-order valence-electron chi connectivity index (χ2n) is 20.0. The summed E-state index contributed by atoms with van der Waals surface area (Å²) in [6, 6.07) is 76.8. The van der Waals surface area contributed by atoms with Gasteiger partial charge in [-0.15, -0.1) is 0 Å². The van der Waals surface area contributed by atoms with E-state index in [2.05, 4.69) is 210 Å². The largest absolute Gasteiger partial charge is 0.456 e. The summed E-state index contributed by atoms with van der Waals surface area (Å²) >= 11 is 0. The second kappa shape index (κ2) is 14.2. The summed E-state index contributed by atoms with van der Waals surface area (Å²) in [5.74, 6) is 3.09. The fraction of sp³-hybridized carbons (Fsp3) is 0.156. The van der Waals surface area contributed by atoms with Gasteiger partial charge < -0.3 is 13.9 Å². The molecule has 4 aliphatic carbocycles. The molecule has 9 aromatic carbocycles. The highest BCUT2D eigenvalue weighted by molar-refractivity contribution is 6.19. The maximum Gasteiger partial charge on any atom is 0.136 e. The van der Waals surface area contributed by atoms with Gasteiger partial charge in [0.05, 0.1) is 22.4 Å². The van der Waals surface area contributed by atoms with Crippen LogP contribution in [0.3, 0.4) is 0 Å². The number of hydrogen-bond acceptors (Lipinski definition) is 2. The smallest absolute Gasteiger partial charge is 0.136 e. The summed E-state index contributed by atoms with van der Waals surface area (Å²) in [5.41, 5.74) is 19.7. The lowest BCUT2D eigenvalue weighted by atomic mass is 9.41. The number of fused-ring (bicyclic) bond motifs is 8. The molecule has 320 valence electrons. The van der Waals surface area contributed by atoms with Gasteiger partial charge in [-0.25, -0.2) is 0 Å².